The van der Waals surface area contributed by atoms with Crippen molar-refractivity contribution in [2.75, 3.05) is 32.1 Å². The van der Waals surface area contributed by atoms with E-state index < -0.39 is 5.82 Å². The summed E-state index contributed by atoms with van der Waals surface area (Å²) in [6.07, 6.45) is 3.83. The maximum atomic E-state index is 14.6. The summed E-state index contributed by atoms with van der Waals surface area (Å²) in [4.78, 5) is 11.3. The number of methoxy groups -OCH3 is 1. The van der Waals surface area contributed by atoms with Gasteiger partial charge in [0.25, 0.3) is 0 Å². The van der Waals surface area contributed by atoms with Crippen LogP contribution in [0.1, 0.15) is 26.7 Å². The lowest BCUT2D eigenvalue weighted by Crippen LogP contribution is -2.29. The fourth-order valence-electron chi connectivity index (χ4n) is 5.41. The number of nitrogens with zero attached hydrogens (tertiary/aromatic N) is 3. The van der Waals surface area contributed by atoms with Crippen molar-refractivity contribution in [2.45, 2.75) is 32.7 Å². The standard InChI is InChI=1S/C26H29Cl2FN4O2/c1-14(2)33-10-16-6-15(7-17(16)11-33)12-35-23-9-21-18(8-22(23)34-3)26(31-13-30-21)32-20-5-4-19(27)24(28)25(20)29/h4-5,8-9,13-17H,6-7,10-12H2,1-3H3,(H,30,31,32)/t15-,16+,17-. The molecule has 1 aromatic heterocycles. The number of likely N-dealkylation sites (tertiary alicyclic amines) is 1. The molecule has 5 rings (SSSR count). The van der Waals surface area contributed by atoms with Gasteiger partial charge in [-0.2, -0.15) is 0 Å². The van der Waals surface area contributed by atoms with Crippen molar-refractivity contribution in [1.29, 1.82) is 0 Å². The number of ether oxygens (including phenoxy) is 2. The second-order valence-corrected chi connectivity index (χ2v) is 10.6. The molecule has 1 saturated heterocycles. The zero-order chi connectivity index (χ0) is 24.7. The van der Waals surface area contributed by atoms with Crippen molar-refractivity contribution >= 4 is 45.6 Å². The molecule has 0 amide bonds. The molecule has 0 bridgehead atoms. The van der Waals surface area contributed by atoms with Crippen molar-refractivity contribution in [1.82, 2.24) is 14.9 Å². The zero-order valence-corrected chi connectivity index (χ0v) is 21.5. The highest BCUT2D eigenvalue weighted by Crippen LogP contribution is 2.43. The number of halogens is 3. The van der Waals surface area contributed by atoms with E-state index in [1.807, 2.05) is 12.1 Å². The predicted molar refractivity (Wildman–Crippen MR) is 138 cm³/mol. The number of benzene rings is 2. The fraction of sp³-hybridized carbons (Fsp3) is 0.462. The summed E-state index contributed by atoms with van der Waals surface area (Å²) in [6, 6.07) is 7.33. The quantitative estimate of drug-likeness (QED) is 0.356. The first-order valence-corrected chi connectivity index (χ1v) is 12.7. The maximum absolute atomic E-state index is 14.6. The Morgan fingerprint density at radius 3 is 2.54 bits per heavy atom. The third-order valence-corrected chi connectivity index (χ3v) is 8.07. The Balaban J connectivity index is 1.32. The Morgan fingerprint density at radius 2 is 1.86 bits per heavy atom. The number of hydrogen-bond donors (Lipinski definition) is 1. The molecule has 1 aliphatic heterocycles. The van der Waals surface area contributed by atoms with Gasteiger partial charge in [0, 0.05) is 30.6 Å². The minimum Gasteiger partial charge on any atom is -0.493 e. The molecule has 1 saturated carbocycles. The summed E-state index contributed by atoms with van der Waals surface area (Å²) < 4.78 is 26.5. The lowest BCUT2D eigenvalue weighted by atomic mass is 10.0. The molecule has 3 aromatic rings. The zero-order valence-electron chi connectivity index (χ0n) is 20.0. The second-order valence-electron chi connectivity index (χ2n) is 9.81. The van der Waals surface area contributed by atoms with E-state index in [2.05, 4.69) is 34.0 Å². The predicted octanol–water partition coefficient (Wildman–Crippen LogP) is 6.57. The van der Waals surface area contributed by atoms with Gasteiger partial charge in [0.15, 0.2) is 17.3 Å². The van der Waals surface area contributed by atoms with Crippen LogP contribution in [0.5, 0.6) is 11.5 Å². The molecule has 2 aliphatic rings. The Hall–Kier alpha value is -2.35. The lowest BCUT2D eigenvalue weighted by molar-refractivity contribution is 0.209. The third kappa shape index (κ3) is 4.86. The largest absolute Gasteiger partial charge is 0.493 e. The molecule has 2 aromatic carbocycles. The highest BCUT2D eigenvalue weighted by Gasteiger charge is 2.41. The molecular formula is C26H29Cl2FN4O2. The van der Waals surface area contributed by atoms with Crippen LogP contribution in [0.3, 0.4) is 0 Å². The van der Waals surface area contributed by atoms with Crippen LogP contribution in [-0.2, 0) is 0 Å². The van der Waals surface area contributed by atoms with E-state index in [4.69, 9.17) is 32.7 Å². The van der Waals surface area contributed by atoms with Crippen LogP contribution in [0.2, 0.25) is 10.0 Å². The molecule has 9 heteroatoms. The summed E-state index contributed by atoms with van der Waals surface area (Å²) in [5.41, 5.74) is 0.830. The second kappa shape index (κ2) is 9.96. The minimum absolute atomic E-state index is 0.142. The summed E-state index contributed by atoms with van der Waals surface area (Å²) in [5, 5.41) is 3.67. The van der Waals surface area contributed by atoms with E-state index in [0.29, 0.717) is 46.8 Å². The van der Waals surface area contributed by atoms with E-state index in [9.17, 15) is 4.39 Å². The van der Waals surface area contributed by atoms with E-state index in [1.165, 1.54) is 44.4 Å². The van der Waals surface area contributed by atoms with Gasteiger partial charge in [0.1, 0.15) is 12.1 Å². The first-order valence-electron chi connectivity index (χ1n) is 11.9. The highest BCUT2D eigenvalue weighted by molar-refractivity contribution is 6.42. The van der Waals surface area contributed by atoms with Gasteiger partial charge < -0.3 is 19.7 Å². The number of fused-ring (bicyclic) bond motifs is 2. The summed E-state index contributed by atoms with van der Waals surface area (Å²) in [7, 11) is 1.60. The lowest BCUT2D eigenvalue weighted by Gasteiger charge is -2.22. The van der Waals surface area contributed by atoms with E-state index in [0.717, 1.165) is 11.8 Å². The minimum atomic E-state index is -0.643. The van der Waals surface area contributed by atoms with Gasteiger partial charge in [-0.15, -0.1) is 0 Å². The summed E-state index contributed by atoms with van der Waals surface area (Å²) in [5.74, 6) is 3.09. The van der Waals surface area contributed by atoms with Crippen molar-refractivity contribution in [2.24, 2.45) is 17.8 Å². The van der Waals surface area contributed by atoms with E-state index >= 15 is 0 Å². The average molecular weight is 519 g/mol. The normalized spacial score (nSPS) is 22.1. The monoisotopic (exact) mass is 518 g/mol. The summed E-state index contributed by atoms with van der Waals surface area (Å²) in [6.45, 7) is 7.61. The number of rotatable bonds is 7. The number of anilines is 2. The first-order chi connectivity index (χ1) is 16.8. The van der Waals surface area contributed by atoms with Crippen LogP contribution >= 0.6 is 23.2 Å². The van der Waals surface area contributed by atoms with Gasteiger partial charge in [-0.3, -0.25) is 0 Å². The fourth-order valence-corrected chi connectivity index (χ4v) is 5.72. The number of hydrogen-bond acceptors (Lipinski definition) is 6. The van der Waals surface area contributed by atoms with Crippen LogP contribution in [0.4, 0.5) is 15.9 Å². The van der Waals surface area contributed by atoms with Crippen LogP contribution in [0.15, 0.2) is 30.6 Å². The molecule has 1 aliphatic carbocycles. The first kappa shape index (κ1) is 24.3. The molecule has 186 valence electrons. The third-order valence-electron chi connectivity index (χ3n) is 7.29. The van der Waals surface area contributed by atoms with Gasteiger partial charge in [-0.1, -0.05) is 23.2 Å². The van der Waals surface area contributed by atoms with Gasteiger partial charge in [0.2, 0.25) is 0 Å². The van der Waals surface area contributed by atoms with Crippen molar-refractivity contribution in [3.05, 3.63) is 46.5 Å². The smallest absolute Gasteiger partial charge is 0.166 e. The topological polar surface area (TPSA) is 59.5 Å². The number of nitrogens with one attached hydrogen (secondary N) is 1. The molecule has 35 heavy (non-hydrogen) atoms. The maximum Gasteiger partial charge on any atom is 0.166 e. The van der Waals surface area contributed by atoms with Gasteiger partial charge in [-0.25, -0.2) is 14.4 Å². The molecule has 2 heterocycles. The van der Waals surface area contributed by atoms with Crippen molar-refractivity contribution < 1.29 is 13.9 Å². The molecule has 3 atom stereocenters. The van der Waals surface area contributed by atoms with Gasteiger partial charge in [0.05, 0.1) is 35.0 Å². The Labute approximate surface area is 214 Å². The van der Waals surface area contributed by atoms with Crippen molar-refractivity contribution in [3.63, 3.8) is 0 Å². The van der Waals surface area contributed by atoms with Crippen LogP contribution in [0.25, 0.3) is 10.9 Å². The van der Waals surface area contributed by atoms with Gasteiger partial charge in [-0.05, 0) is 62.6 Å². The molecule has 2 fully saturated rings. The van der Waals surface area contributed by atoms with Crippen LogP contribution in [0, 0.1) is 23.6 Å². The van der Waals surface area contributed by atoms with E-state index in [1.54, 1.807) is 7.11 Å². The molecular weight excluding hydrogens is 490 g/mol. The average Bonchev–Trinajstić information content (AvgIpc) is 3.42. The molecule has 6 nitrogen and oxygen atoms in total. The molecule has 0 unspecified atom stereocenters. The summed E-state index contributed by atoms with van der Waals surface area (Å²) >= 11 is 11.9. The number of aromatic nitrogens is 2. The Morgan fingerprint density at radius 1 is 1.11 bits per heavy atom. The Bertz CT molecular complexity index is 1230. The van der Waals surface area contributed by atoms with E-state index in [-0.39, 0.29) is 15.7 Å². The SMILES string of the molecule is COc1cc2c(Nc3ccc(Cl)c(Cl)c3F)ncnc2cc1OC[C@H]1C[C@@H]2CN(C(C)C)C[C@@H]2C1. The highest BCUT2D eigenvalue weighted by atomic mass is 35.5. The molecule has 1 N–H and O–H groups in total. The molecule has 0 radical (unpaired) electrons. The van der Waals surface area contributed by atoms with Crippen molar-refractivity contribution in [3.8, 4) is 11.5 Å². The van der Waals surface area contributed by atoms with Gasteiger partial charge >= 0.3 is 0 Å². The molecule has 0 spiro atoms. The van der Waals surface area contributed by atoms with Crippen LogP contribution in [-0.4, -0.2) is 47.7 Å². The van der Waals surface area contributed by atoms with Crippen LogP contribution < -0.4 is 14.8 Å². The Kier molecular flexibility index (Phi) is 6.93.